The smallest absolute Gasteiger partial charge is 0.191 e. The summed E-state index contributed by atoms with van der Waals surface area (Å²) >= 11 is 0. The van der Waals surface area contributed by atoms with E-state index in [0.717, 1.165) is 31.5 Å². The van der Waals surface area contributed by atoms with Gasteiger partial charge >= 0.3 is 0 Å². The normalized spacial score (nSPS) is 18.8. The number of guanidine groups is 1. The van der Waals surface area contributed by atoms with E-state index in [-0.39, 0.29) is 24.0 Å². The fourth-order valence-electron chi connectivity index (χ4n) is 3.21. The Balaban J connectivity index is 0.00000288. The predicted octanol–water partition coefficient (Wildman–Crippen LogP) is 3.54. The predicted molar refractivity (Wildman–Crippen MR) is 114 cm³/mol. The second-order valence-electron chi connectivity index (χ2n) is 6.58. The van der Waals surface area contributed by atoms with Crippen molar-refractivity contribution in [1.82, 2.24) is 15.5 Å². The summed E-state index contributed by atoms with van der Waals surface area (Å²) in [5, 5.41) is 6.81. The van der Waals surface area contributed by atoms with Crippen molar-refractivity contribution in [2.75, 3.05) is 26.7 Å². The molecular formula is C19H33IN4. The molecule has 2 N–H and O–H groups in total. The van der Waals surface area contributed by atoms with E-state index in [1.54, 1.807) is 0 Å². The molecule has 5 heteroatoms. The standard InChI is InChI=1S/C19H32N4.HI/c1-16-8-6-10-18(14-16)15-22-19(20-3)21-11-7-13-23-12-5-4-9-17(23)2;/h6,8,10,14,17H,4-5,7,9,11-13,15H2,1-3H3,(H2,20,21,22);1H. The molecule has 0 radical (unpaired) electrons. The van der Waals surface area contributed by atoms with Gasteiger partial charge in [-0.15, -0.1) is 24.0 Å². The Morgan fingerprint density at radius 1 is 1.29 bits per heavy atom. The van der Waals surface area contributed by atoms with Crippen LogP contribution in [0.15, 0.2) is 29.3 Å². The van der Waals surface area contributed by atoms with Gasteiger partial charge in [0.15, 0.2) is 5.96 Å². The van der Waals surface area contributed by atoms with Crippen LogP contribution in [-0.2, 0) is 6.54 Å². The number of aliphatic imine (C=N–C) groups is 1. The molecule has 2 rings (SSSR count). The third kappa shape index (κ3) is 7.38. The van der Waals surface area contributed by atoms with Crippen LogP contribution in [0.5, 0.6) is 0 Å². The first kappa shape index (κ1) is 21.2. The average Bonchev–Trinajstić information content (AvgIpc) is 2.56. The minimum absolute atomic E-state index is 0. The number of rotatable bonds is 6. The third-order valence-corrected chi connectivity index (χ3v) is 4.62. The molecule has 1 aliphatic heterocycles. The van der Waals surface area contributed by atoms with E-state index in [1.807, 2.05) is 7.05 Å². The lowest BCUT2D eigenvalue weighted by molar-refractivity contribution is 0.159. The first-order valence-electron chi connectivity index (χ1n) is 8.93. The highest BCUT2D eigenvalue weighted by Gasteiger charge is 2.16. The molecular weight excluding hydrogens is 411 g/mol. The first-order chi connectivity index (χ1) is 11.2. The van der Waals surface area contributed by atoms with E-state index in [9.17, 15) is 0 Å². The number of nitrogens with one attached hydrogen (secondary N) is 2. The van der Waals surface area contributed by atoms with Crippen molar-refractivity contribution in [3.63, 3.8) is 0 Å². The summed E-state index contributed by atoms with van der Waals surface area (Å²) < 4.78 is 0. The summed E-state index contributed by atoms with van der Waals surface area (Å²) in [6, 6.07) is 9.33. The maximum absolute atomic E-state index is 4.31. The van der Waals surface area contributed by atoms with Crippen molar-refractivity contribution in [2.24, 2.45) is 4.99 Å². The van der Waals surface area contributed by atoms with Crippen LogP contribution in [0.2, 0.25) is 0 Å². The van der Waals surface area contributed by atoms with Gasteiger partial charge in [0.2, 0.25) is 0 Å². The van der Waals surface area contributed by atoms with Crippen LogP contribution in [-0.4, -0.2) is 43.6 Å². The van der Waals surface area contributed by atoms with Crippen LogP contribution in [0.25, 0.3) is 0 Å². The molecule has 0 saturated carbocycles. The van der Waals surface area contributed by atoms with Gasteiger partial charge in [-0.3, -0.25) is 4.99 Å². The van der Waals surface area contributed by atoms with E-state index in [0.29, 0.717) is 0 Å². The van der Waals surface area contributed by atoms with Gasteiger partial charge in [0.1, 0.15) is 0 Å². The van der Waals surface area contributed by atoms with E-state index in [2.05, 4.69) is 58.6 Å². The monoisotopic (exact) mass is 444 g/mol. The van der Waals surface area contributed by atoms with Crippen LogP contribution < -0.4 is 10.6 Å². The fourth-order valence-corrected chi connectivity index (χ4v) is 3.21. The minimum atomic E-state index is 0. The lowest BCUT2D eigenvalue weighted by Crippen LogP contribution is -2.41. The van der Waals surface area contributed by atoms with Crippen LogP contribution in [0.4, 0.5) is 0 Å². The number of likely N-dealkylation sites (tertiary alicyclic amines) is 1. The zero-order valence-corrected chi connectivity index (χ0v) is 17.7. The van der Waals surface area contributed by atoms with Gasteiger partial charge in [-0.2, -0.15) is 0 Å². The average molecular weight is 444 g/mol. The number of hydrogen-bond acceptors (Lipinski definition) is 2. The maximum Gasteiger partial charge on any atom is 0.191 e. The van der Waals surface area contributed by atoms with Crippen LogP contribution in [0.1, 0.15) is 43.7 Å². The van der Waals surface area contributed by atoms with Gasteiger partial charge in [0.25, 0.3) is 0 Å². The molecule has 1 saturated heterocycles. The topological polar surface area (TPSA) is 39.7 Å². The van der Waals surface area contributed by atoms with Gasteiger partial charge < -0.3 is 15.5 Å². The van der Waals surface area contributed by atoms with Crippen LogP contribution >= 0.6 is 24.0 Å². The van der Waals surface area contributed by atoms with Gasteiger partial charge in [0, 0.05) is 32.7 Å². The molecule has 24 heavy (non-hydrogen) atoms. The summed E-state index contributed by atoms with van der Waals surface area (Å²) in [6.07, 6.45) is 5.27. The number of hydrogen-bond donors (Lipinski definition) is 2. The van der Waals surface area contributed by atoms with Gasteiger partial charge in [0.05, 0.1) is 0 Å². The summed E-state index contributed by atoms with van der Waals surface area (Å²) in [4.78, 5) is 6.92. The molecule has 0 amide bonds. The lowest BCUT2D eigenvalue weighted by Gasteiger charge is -2.33. The van der Waals surface area contributed by atoms with Crippen molar-refractivity contribution in [3.8, 4) is 0 Å². The third-order valence-electron chi connectivity index (χ3n) is 4.62. The zero-order chi connectivity index (χ0) is 16.5. The maximum atomic E-state index is 4.31. The largest absolute Gasteiger partial charge is 0.356 e. The number of nitrogens with zero attached hydrogens (tertiary/aromatic N) is 2. The Hall–Kier alpha value is -0.820. The molecule has 0 aliphatic carbocycles. The van der Waals surface area contributed by atoms with Crippen molar-refractivity contribution < 1.29 is 0 Å². The quantitative estimate of drug-likeness (QED) is 0.305. The molecule has 1 atom stereocenters. The molecule has 1 unspecified atom stereocenters. The number of halogens is 1. The zero-order valence-electron chi connectivity index (χ0n) is 15.3. The Morgan fingerprint density at radius 2 is 2.12 bits per heavy atom. The number of benzene rings is 1. The fraction of sp³-hybridized carbons (Fsp3) is 0.632. The molecule has 4 nitrogen and oxygen atoms in total. The van der Waals surface area contributed by atoms with Crippen molar-refractivity contribution in [1.29, 1.82) is 0 Å². The molecule has 1 aromatic carbocycles. The molecule has 1 aromatic rings. The summed E-state index contributed by atoms with van der Waals surface area (Å²) in [5.41, 5.74) is 2.58. The Labute approximate surface area is 164 Å². The van der Waals surface area contributed by atoms with Crippen LogP contribution in [0.3, 0.4) is 0 Å². The summed E-state index contributed by atoms with van der Waals surface area (Å²) in [7, 11) is 1.83. The Morgan fingerprint density at radius 3 is 2.83 bits per heavy atom. The summed E-state index contributed by atoms with van der Waals surface area (Å²) in [5.74, 6) is 0.887. The second-order valence-corrected chi connectivity index (χ2v) is 6.58. The van der Waals surface area contributed by atoms with E-state index < -0.39 is 0 Å². The van der Waals surface area contributed by atoms with Gasteiger partial charge in [-0.05, 0) is 45.2 Å². The highest BCUT2D eigenvalue weighted by molar-refractivity contribution is 14.0. The first-order valence-corrected chi connectivity index (χ1v) is 8.93. The highest BCUT2D eigenvalue weighted by atomic mass is 127. The second kappa shape index (κ2) is 11.7. The molecule has 1 aliphatic rings. The molecule has 1 heterocycles. The van der Waals surface area contributed by atoms with Gasteiger partial charge in [-0.25, -0.2) is 0 Å². The summed E-state index contributed by atoms with van der Waals surface area (Å²) in [6.45, 7) is 8.71. The number of aryl methyl sites for hydroxylation is 1. The molecule has 136 valence electrons. The minimum Gasteiger partial charge on any atom is -0.356 e. The van der Waals surface area contributed by atoms with E-state index in [1.165, 1.54) is 43.5 Å². The highest BCUT2D eigenvalue weighted by Crippen LogP contribution is 2.16. The van der Waals surface area contributed by atoms with Crippen LogP contribution in [0, 0.1) is 6.92 Å². The Kier molecular flexibility index (Phi) is 10.3. The van der Waals surface area contributed by atoms with Crippen molar-refractivity contribution >= 4 is 29.9 Å². The van der Waals surface area contributed by atoms with Gasteiger partial charge in [-0.1, -0.05) is 36.2 Å². The molecule has 0 bridgehead atoms. The van der Waals surface area contributed by atoms with E-state index >= 15 is 0 Å². The van der Waals surface area contributed by atoms with Crippen molar-refractivity contribution in [2.45, 2.75) is 52.1 Å². The lowest BCUT2D eigenvalue weighted by atomic mass is 10.0. The molecule has 1 fully saturated rings. The van der Waals surface area contributed by atoms with E-state index in [4.69, 9.17) is 0 Å². The number of piperidine rings is 1. The molecule has 0 aromatic heterocycles. The molecule has 0 spiro atoms. The van der Waals surface area contributed by atoms with Crippen molar-refractivity contribution in [3.05, 3.63) is 35.4 Å². The Bertz CT molecular complexity index is 504. The SMILES string of the molecule is CN=C(NCCCN1CCCCC1C)NCc1cccc(C)c1.I.